The van der Waals surface area contributed by atoms with Crippen LogP contribution >= 0.6 is 0 Å². The van der Waals surface area contributed by atoms with E-state index in [1.807, 2.05) is 20.8 Å². The normalized spacial score (nSPS) is 12.8. The van der Waals surface area contributed by atoms with E-state index >= 15 is 0 Å². The second-order valence-electron chi connectivity index (χ2n) is 5.41. The van der Waals surface area contributed by atoms with E-state index in [0.29, 0.717) is 12.0 Å². The Morgan fingerprint density at radius 2 is 1.71 bits per heavy atom. The molecule has 0 aliphatic rings. The molecule has 4 heteroatoms. The molecule has 96 valence electrons. The van der Waals surface area contributed by atoms with Gasteiger partial charge in [0.2, 0.25) is 0 Å². The SMILES string of the molecule is CC(C)(C)CCc1ccc(O)c(C(F)(F)F)c1. The highest BCUT2D eigenvalue weighted by Crippen LogP contribution is 2.36. The van der Waals surface area contributed by atoms with Crippen molar-refractivity contribution in [1.82, 2.24) is 0 Å². The summed E-state index contributed by atoms with van der Waals surface area (Å²) in [6.07, 6.45) is -3.12. The Morgan fingerprint density at radius 1 is 1.12 bits per heavy atom. The van der Waals surface area contributed by atoms with Gasteiger partial charge in [0.1, 0.15) is 5.75 Å². The summed E-state index contributed by atoms with van der Waals surface area (Å²) in [7, 11) is 0. The molecular formula is C13H17F3O. The lowest BCUT2D eigenvalue weighted by molar-refractivity contribution is -0.138. The first-order valence-electron chi connectivity index (χ1n) is 5.49. The van der Waals surface area contributed by atoms with E-state index in [4.69, 9.17) is 0 Å². The van der Waals surface area contributed by atoms with Crippen LogP contribution in [0.4, 0.5) is 13.2 Å². The largest absolute Gasteiger partial charge is 0.507 e. The maximum Gasteiger partial charge on any atom is 0.419 e. The molecule has 1 aromatic carbocycles. The number of phenols is 1. The van der Waals surface area contributed by atoms with Crippen molar-refractivity contribution in [3.05, 3.63) is 29.3 Å². The smallest absolute Gasteiger partial charge is 0.419 e. The fourth-order valence-electron chi connectivity index (χ4n) is 1.49. The van der Waals surface area contributed by atoms with Crippen molar-refractivity contribution in [2.75, 3.05) is 0 Å². The van der Waals surface area contributed by atoms with Crippen molar-refractivity contribution in [2.24, 2.45) is 5.41 Å². The molecule has 0 aliphatic heterocycles. The van der Waals surface area contributed by atoms with Gasteiger partial charge in [-0.25, -0.2) is 0 Å². The quantitative estimate of drug-likeness (QED) is 0.820. The van der Waals surface area contributed by atoms with E-state index in [1.54, 1.807) is 0 Å². The Labute approximate surface area is 99.3 Å². The average Bonchev–Trinajstić information content (AvgIpc) is 2.13. The lowest BCUT2D eigenvalue weighted by atomic mass is 9.88. The zero-order valence-electron chi connectivity index (χ0n) is 10.2. The molecule has 1 rings (SSSR count). The highest BCUT2D eigenvalue weighted by molar-refractivity contribution is 5.38. The van der Waals surface area contributed by atoms with Crippen LogP contribution in [0.2, 0.25) is 0 Å². The summed E-state index contributed by atoms with van der Waals surface area (Å²) in [6.45, 7) is 6.12. The summed E-state index contributed by atoms with van der Waals surface area (Å²) in [4.78, 5) is 0. The summed E-state index contributed by atoms with van der Waals surface area (Å²) in [5, 5.41) is 9.18. The van der Waals surface area contributed by atoms with Crippen molar-refractivity contribution in [3.63, 3.8) is 0 Å². The third kappa shape index (κ3) is 4.29. The van der Waals surface area contributed by atoms with Crippen LogP contribution in [0.5, 0.6) is 5.75 Å². The molecule has 1 aromatic rings. The second-order valence-corrected chi connectivity index (χ2v) is 5.41. The van der Waals surface area contributed by atoms with Crippen LogP contribution in [-0.2, 0) is 12.6 Å². The minimum Gasteiger partial charge on any atom is -0.507 e. The van der Waals surface area contributed by atoms with Crippen molar-refractivity contribution < 1.29 is 18.3 Å². The van der Waals surface area contributed by atoms with Crippen molar-refractivity contribution in [1.29, 1.82) is 0 Å². The molecule has 0 bridgehead atoms. The van der Waals surface area contributed by atoms with Crippen LogP contribution in [0, 0.1) is 5.41 Å². The van der Waals surface area contributed by atoms with Gasteiger partial charge in [0.15, 0.2) is 0 Å². The van der Waals surface area contributed by atoms with Crippen LogP contribution in [0.1, 0.15) is 38.3 Å². The van der Waals surface area contributed by atoms with Crippen molar-refractivity contribution in [3.8, 4) is 5.75 Å². The lowest BCUT2D eigenvalue weighted by Crippen LogP contribution is -2.08. The summed E-state index contributed by atoms with van der Waals surface area (Å²) < 4.78 is 37.6. The molecule has 0 heterocycles. The van der Waals surface area contributed by atoms with E-state index in [2.05, 4.69) is 0 Å². The number of benzene rings is 1. The number of phenolic OH excluding ortho intramolecular Hbond substituents is 1. The molecular weight excluding hydrogens is 229 g/mol. The van der Waals surface area contributed by atoms with Gasteiger partial charge >= 0.3 is 6.18 Å². The Morgan fingerprint density at radius 3 is 2.18 bits per heavy atom. The molecule has 0 unspecified atom stereocenters. The highest BCUT2D eigenvalue weighted by Gasteiger charge is 2.33. The molecule has 17 heavy (non-hydrogen) atoms. The van der Waals surface area contributed by atoms with Crippen LogP contribution in [0.3, 0.4) is 0 Å². The fraction of sp³-hybridized carbons (Fsp3) is 0.538. The van der Waals surface area contributed by atoms with Gasteiger partial charge < -0.3 is 5.11 Å². The number of alkyl halides is 3. The zero-order valence-corrected chi connectivity index (χ0v) is 10.2. The van der Waals surface area contributed by atoms with E-state index in [9.17, 15) is 18.3 Å². The molecule has 0 atom stereocenters. The van der Waals surface area contributed by atoms with Gasteiger partial charge in [0.25, 0.3) is 0 Å². The average molecular weight is 246 g/mol. The summed E-state index contributed by atoms with van der Waals surface area (Å²) in [5.74, 6) is -0.711. The number of aryl methyl sites for hydroxylation is 1. The highest BCUT2D eigenvalue weighted by atomic mass is 19.4. The topological polar surface area (TPSA) is 20.2 Å². The number of rotatable bonds is 2. The Kier molecular flexibility index (Phi) is 3.74. The molecule has 0 saturated carbocycles. The van der Waals surface area contributed by atoms with Crippen molar-refractivity contribution in [2.45, 2.75) is 39.8 Å². The Bertz CT molecular complexity index is 389. The molecule has 0 radical (unpaired) electrons. The van der Waals surface area contributed by atoms with Gasteiger partial charge in [-0.15, -0.1) is 0 Å². The first-order valence-corrected chi connectivity index (χ1v) is 5.49. The zero-order chi connectivity index (χ0) is 13.3. The minimum atomic E-state index is -4.50. The standard InChI is InChI=1S/C13H17F3O/c1-12(2,3)7-6-9-4-5-11(17)10(8-9)13(14,15)16/h4-5,8,17H,6-7H2,1-3H3. The number of halogens is 3. The molecule has 0 fully saturated rings. The van der Waals surface area contributed by atoms with Gasteiger partial charge in [-0.3, -0.25) is 0 Å². The van der Waals surface area contributed by atoms with E-state index in [1.165, 1.54) is 6.07 Å². The second kappa shape index (κ2) is 4.59. The molecule has 0 spiro atoms. The third-order valence-corrected chi connectivity index (χ3v) is 2.53. The molecule has 0 aliphatic carbocycles. The maximum absolute atomic E-state index is 12.5. The Balaban J connectivity index is 2.90. The van der Waals surface area contributed by atoms with Crippen molar-refractivity contribution >= 4 is 0 Å². The van der Waals surface area contributed by atoms with Crippen LogP contribution in [0.25, 0.3) is 0 Å². The lowest BCUT2D eigenvalue weighted by Gasteiger charge is -2.18. The first kappa shape index (κ1) is 13.9. The molecule has 0 saturated heterocycles. The van der Waals surface area contributed by atoms with E-state index < -0.39 is 17.5 Å². The summed E-state index contributed by atoms with van der Waals surface area (Å²) in [5.41, 5.74) is -0.273. The molecule has 1 nitrogen and oxygen atoms in total. The van der Waals surface area contributed by atoms with Crippen LogP contribution in [0.15, 0.2) is 18.2 Å². The summed E-state index contributed by atoms with van der Waals surface area (Å²) >= 11 is 0. The number of aromatic hydroxyl groups is 1. The van der Waals surface area contributed by atoms with Crippen LogP contribution in [-0.4, -0.2) is 5.11 Å². The minimum absolute atomic E-state index is 0.0796. The van der Waals surface area contributed by atoms with Gasteiger partial charge in [0.05, 0.1) is 5.56 Å². The monoisotopic (exact) mass is 246 g/mol. The number of hydrogen-bond donors (Lipinski definition) is 1. The summed E-state index contributed by atoms with van der Waals surface area (Å²) in [6, 6.07) is 3.68. The molecule has 0 aromatic heterocycles. The molecule has 1 N–H and O–H groups in total. The van der Waals surface area contributed by atoms with E-state index in [0.717, 1.165) is 18.6 Å². The predicted octanol–water partition coefficient (Wildman–Crippen LogP) is 4.39. The third-order valence-electron chi connectivity index (χ3n) is 2.53. The van der Waals surface area contributed by atoms with Crippen LogP contribution < -0.4 is 0 Å². The fourth-order valence-corrected chi connectivity index (χ4v) is 1.49. The van der Waals surface area contributed by atoms with Gasteiger partial charge in [-0.05, 0) is 36.0 Å². The number of hydrogen-bond acceptors (Lipinski definition) is 1. The van der Waals surface area contributed by atoms with E-state index in [-0.39, 0.29) is 5.41 Å². The molecule has 0 amide bonds. The van der Waals surface area contributed by atoms with Gasteiger partial charge in [0, 0.05) is 0 Å². The first-order chi connectivity index (χ1) is 7.59. The maximum atomic E-state index is 12.5. The van der Waals surface area contributed by atoms with Gasteiger partial charge in [-0.1, -0.05) is 26.8 Å². The Hall–Kier alpha value is -1.19. The van der Waals surface area contributed by atoms with Gasteiger partial charge in [-0.2, -0.15) is 13.2 Å². The predicted molar refractivity (Wildman–Crippen MR) is 60.9 cm³/mol.